The van der Waals surface area contributed by atoms with Crippen LogP contribution in [0.5, 0.6) is 0 Å². The lowest BCUT2D eigenvalue weighted by atomic mass is 9.86. The van der Waals surface area contributed by atoms with Gasteiger partial charge in [0, 0.05) is 13.2 Å². The molecule has 0 spiro atoms. The SMILES string of the molecule is Cc1ncc(C(=O)N(C)[C@@H](CO)C(C)(C)C)c(C)n1. The van der Waals surface area contributed by atoms with Crippen LogP contribution in [0.25, 0.3) is 0 Å². The average molecular weight is 265 g/mol. The third kappa shape index (κ3) is 3.50. The molecule has 106 valence electrons. The first-order valence-electron chi connectivity index (χ1n) is 6.36. The molecular weight excluding hydrogens is 242 g/mol. The number of hydrogen-bond donors (Lipinski definition) is 1. The molecular formula is C14H23N3O2. The average Bonchev–Trinajstić information content (AvgIpc) is 2.27. The van der Waals surface area contributed by atoms with E-state index in [1.165, 1.54) is 0 Å². The fourth-order valence-corrected chi connectivity index (χ4v) is 2.10. The Labute approximate surface area is 114 Å². The number of aromatic nitrogens is 2. The first-order valence-corrected chi connectivity index (χ1v) is 6.36. The summed E-state index contributed by atoms with van der Waals surface area (Å²) < 4.78 is 0. The standard InChI is InChI=1S/C14H23N3O2/c1-9-11(7-15-10(2)16-9)13(19)17(6)12(8-18)14(3,4)5/h7,12,18H,8H2,1-6H3/t12-/m0/s1. The summed E-state index contributed by atoms with van der Waals surface area (Å²) in [4.78, 5) is 22.3. The van der Waals surface area contributed by atoms with Crippen LogP contribution in [0.4, 0.5) is 0 Å². The highest BCUT2D eigenvalue weighted by molar-refractivity contribution is 5.95. The number of carbonyl (C=O) groups is 1. The lowest BCUT2D eigenvalue weighted by Gasteiger charge is -2.36. The maximum Gasteiger partial charge on any atom is 0.257 e. The Bertz CT molecular complexity index is 466. The van der Waals surface area contributed by atoms with Crippen LogP contribution in [0.1, 0.15) is 42.6 Å². The molecule has 5 nitrogen and oxygen atoms in total. The van der Waals surface area contributed by atoms with Crippen molar-refractivity contribution in [2.45, 2.75) is 40.7 Å². The Kier molecular flexibility index (Phi) is 4.63. The van der Waals surface area contributed by atoms with Gasteiger partial charge in [-0.15, -0.1) is 0 Å². The van der Waals surface area contributed by atoms with Crippen molar-refractivity contribution in [3.05, 3.63) is 23.3 Å². The van der Waals surface area contributed by atoms with Crippen LogP contribution in [0, 0.1) is 19.3 Å². The Morgan fingerprint density at radius 2 is 2.00 bits per heavy atom. The molecule has 1 amide bonds. The molecule has 1 heterocycles. The minimum absolute atomic E-state index is 0.0719. The third-order valence-corrected chi connectivity index (χ3v) is 3.29. The van der Waals surface area contributed by atoms with Crippen molar-refractivity contribution in [2.75, 3.05) is 13.7 Å². The van der Waals surface area contributed by atoms with Crippen molar-refractivity contribution >= 4 is 5.91 Å². The molecule has 19 heavy (non-hydrogen) atoms. The second-order valence-electron chi connectivity index (χ2n) is 5.90. The maximum absolute atomic E-state index is 12.5. The zero-order chi connectivity index (χ0) is 14.8. The predicted molar refractivity (Wildman–Crippen MR) is 73.9 cm³/mol. The first-order chi connectivity index (χ1) is 8.68. The topological polar surface area (TPSA) is 66.3 Å². The van der Waals surface area contributed by atoms with Gasteiger partial charge >= 0.3 is 0 Å². The second-order valence-corrected chi connectivity index (χ2v) is 5.90. The summed E-state index contributed by atoms with van der Waals surface area (Å²) in [5, 5.41) is 9.52. The molecule has 0 bridgehead atoms. The largest absolute Gasteiger partial charge is 0.394 e. The molecule has 0 unspecified atom stereocenters. The fraction of sp³-hybridized carbons (Fsp3) is 0.643. The molecule has 0 radical (unpaired) electrons. The number of amides is 1. The van der Waals surface area contributed by atoms with E-state index in [0.29, 0.717) is 17.1 Å². The molecule has 1 N–H and O–H groups in total. The Morgan fingerprint density at radius 3 is 2.42 bits per heavy atom. The van der Waals surface area contributed by atoms with Crippen LogP contribution in [0.15, 0.2) is 6.20 Å². The molecule has 0 aliphatic carbocycles. The minimum Gasteiger partial charge on any atom is -0.394 e. The highest BCUT2D eigenvalue weighted by Crippen LogP contribution is 2.24. The summed E-state index contributed by atoms with van der Waals surface area (Å²) in [5.41, 5.74) is 0.948. The lowest BCUT2D eigenvalue weighted by Crippen LogP contribution is -2.47. The molecule has 0 saturated carbocycles. The van der Waals surface area contributed by atoms with E-state index in [1.54, 1.807) is 32.0 Å². The van der Waals surface area contributed by atoms with E-state index < -0.39 is 0 Å². The summed E-state index contributed by atoms with van der Waals surface area (Å²) in [6.07, 6.45) is 1.55. The molecule has 0 saturated heterocycles. The van der Waals surface area contributed by atoms with Crippen molar-refractivity contribution in [3.63, 3.8) is 0 Å². The normalized spacial score (nSPS) is 13.2. The summed E-state index contributed by atoms with van der Waals surface area (Å²) in [7, 11) is 1.70. The number of rotatable bonds is 3. The van der Waals surface area contributed by atoms with Crippen LogP contribution >= 0.6 is 0 Å². The van der Waals surface area contributed by atoms with Gasteiger partial charge in [0.25, 0.3) is 5.91 Å². The van der Waals surface area contributed by atoms with Crippen LogP contribution < -0.4 is 0 Å². The third-order valence-electron chi connectivity index (χ3n) is 3.29. The monoisotopic (exact) mass is 265 g/mol. The van der Waals surface area contributed by atoms with E-state index in [0.717, 1.165) is 0 Å². The van der Waals surface area contributed by atoms with E-state index in [2.05, 4.69) is 9.97 Å². The van der Waals surface area contributed by atoms with E-state index >= 15 is 0 Å². The summed E-state index contributed by atoms with van der Waals surface area (Å²) in [5.74, 6) is 0.484. The molecule has 1 aromatic heterocycles. The Morgan fingerprint density at radius 1 is 1.42 bits per heavy atom. The zero-order valence-electron chi connectivity index (χ0n) is 12.6. The molecule has 0 aliphatic rings. The molecule has 1 atom stereocenters. The molecule has 0 aliphatic heterocycles. The van der Waals surface area contributed by atoms with Crippen LogP contribution in [-0.4, -0.2) is 45.6 Å². The van der Waals surface area contributed by atoms with Crippen molar-refractivity contribution in [3.8, 4) is 0 Å². The summed E-state index contributed by atoms with van der Waals surface area (Å²) in [6, 6.07) is -0.249. The predicted octanol–water partition coefficient (Wildman–Crippen LogP) is 1.57. The van der Waals surface area contributed by atoms with Gasteiger partial charge in [-0.05, 0) is 19.3 Å². The molecule has 0 fully saturated rings. The van der Waals surface area contributed by atoms with Gasteiger partial charge in [-0.25, -0.2) is 9.97 Å². The van der Waals surface area contributed by atoms with E-state index in [-0.39, 0.29) is 24.0 Å². The van der Waals surface area contributed by atoms with Crippen LogP contribution in [0.2, 0.25) is 0 Å². The number of likely N-dealkylation sites (N-methyl/N-ethyl adjacent to an activating group) is 1. The highest BCUT2D eigenvalue weighted by Gasteiger charge is 2.31. The van der Waals surface area contributed by atoms with Crippen molar-refractivity contribution < 1.29 is 9.90 Å². The molecule has 5 heteroatoms. The first kappa shape index (κ1) is 15.6. The number of hydrogen-bond acceptors (Lipinski definition) is 4. The lowest BCUT2D eigenvalue weighted by molar-refractivity contribution is 0.0432. The van der Waals surface area contributed by atoms with Gasteiger partial charge in [-0.2, -0.15) is 0 Å². The molecule has 1 aromatic rings. The van der Waals surface area contributed by atoms with E-state index in [9.17, 15) is 9.90 Å². The van der Waals surface area contributed by atoms with Gasteiger partial charge in [0.05, 0.1) is 23.9 Å². The highest BCUT2D eigenvalue weighted by atomic mass is 16.3. The van der Waals surface area contributed by atoms with Gasteiger partial charge in [0.1, 0.15) is 5.82 Å². The number of carbonyl (C=O) groups excluding carboxylic acids is 1. The van der Waals surface area contributed by atoms with Gasteiger partial charge in [0.2, 0.25) is 0 Å². The summed E-state index contributed by atoms with van der Waals surface area (Å²) >= 11 is 0. The quantitative estimate of drug-likeness (QED) is 0.901. The van der Waals surface area contributed by atoms with Crippen molar-refractivity contribution in [1.82, 2.24) is 14.9 Å². The number of aliphatic hydroxyl groups excluding tert-OH is 1. The number of aryl methyl sites for hydroxylation is 2. The van der Waals surface area contributed by atoms with Crippen molar-refractivity contribution in [2.24, 2.45) is 5.41 Å². The maximum atomic E-state index is 12.5. The minimum atomic E-state index is -0.249. The second kappa shape index (κ2) is 5.65. The van der Waals surface area contributed by atoms with Gasteiger partial charge in [-0.3, -0.25) is 4.79 Å². The van der Waals surface area contributed by atoms with E-state index in [1.807, 2.05) is 20.8 Å². The summed E-state index contributed by atoms with van der Waals surface area (Å²) in [6.45, 7) is 9.50. The number of nitrogens with zero attached hydrogens (tertiary/aromatic N) is 3. The van der Waals surface area contributed by atoms with Crippen LogP contribution in [0.3, 0.4) is 0 Å². The molecule has 0 aromatic carbocycles. The van der Waals surface area contributed by atoms with Gasteiger partial charge < -0.3 is 10.0 Å². The van der Waals surface area contributed by atoms with Crippen LogP contribution in [-0.2, 0) is 0 Å². The Hall–Kier alpha value is -1.49. The Balaban J connectivity index is 3.05. The van der Waals surface area contributed by atoms with Crippen molar-refractivity contribution in [1.29, 1.82) is 0 Å². The van der Waals surface area contributed by atoms with E-state index in [4.69, 9.17) is 0 Å². The van der Waals surface area contributed by atoms with Gasteiger partial charge in [0.15, 0.2) is 0 Å². The fourth-order valence-electron chi connectivity index (χ4n) is 2.10. The smallest absolute Gasteiger partial charge is 0.257 e. The molecule has 1 rings (SSSR count). The number of aliphatic hydroxyl groups is 1. The zero-order valence-corrected chi connectivity index (χ0v) is 12.6. The van der Waals surface area contributed by atoms with Gasteiger partial charge in [-0.1, -0.05) is 20.8 Å².